The number of imidazole rings is 1. The van der Waals surface area contributed by atoms with Crippen molar-refractivity contribution in [2.45, 2.75) is 75.8 Å². The minimum Gasteiger partial charge on any atom is -0.349 e. The third kappa shape index (κ3) is 4.84. The fourth-order valence-electron chi connectivity index (χ4n) is 6.76. The molecule has 4 saturated carbocycles. The van der Waals surface area contributed by atoms with Crippen molar-refractivity contribution in [3.63, 3.8) is 0 Å². The van der Waals surface area contributed by atoms with E-state index < -0.39 is 35.6 Å². The lowest BCUT2D eigenvalue weighted by atomic mass is 9.79. The normalized spacial score (nSPS) is 27.6. The Morgan fingerprint density at radius 3 is 2.44 bits per heavy atom. The Labute approximate surface area is 231 Å². The Kier molecular flexibility index (Phi) is 5.92. The van der Waals surface area contributed by atoms with Crippen LogP contribution >= 0.6 is 0 Å². The molecule has 0 radical (unpaired) electrons. The first kappa shape index (κ1) is 26.3. The number of nitrogens with zero attached hydrogens (tertiary/aromatic N) is 5. The van der Waals surface area contributed by atoms with Crippen molar-refractivity contribution in [2.24, 2.45) is 29.6 Å². The quantitative estimate of drug-likeness (QED) is 0.367. The number of aryl methyl sites for hydroxylation is 1. The number of nitrogens with one attached hydrogen (secondary N) is 2. The highest BCUT2D eigenvalue weighted by atomic mass is 19.3. The standard InChI is InChI=1S/C27H29F4N7O3/c1-12-22(37-41-36-12)25(40)35-24(15-5-17-18(6-15)27(17,30)31)19-11-38-20(33-19)7-16(10-32-38)23(14-2-3-14)34-21(39)4-13-8-26(28,29)9-13/h7,10-11,13-15,17-18,23-24H,2-6,8-9H2,1H3,(H,34,39)(H,35,40)/t15-,17-,18+,23-,24+/m1/s1. The molecule has 3 heterocycles. The molecule has 0 spiro atoms. The Balaban J connectivity index is 1.12. The molecule has 0 saturated heterocycles. The summed E-state index contributed by atoms with van der Waals surface area (Å²) in [5.74, 6) is -7.86. The Morgan fingerprint density at radius 1 is 1.07 bits per heavy atom. The predicted octanol–water partition coefficient (Wildman–Crippen LogP) is 4.19. The largest absolute Gasteiger partial charge is 0.349 e. The highest BCUT2D eigenvalue weighted by Gasteiger charge is 2.72. The maximum absolute atomic E-state index is 14.0. The van der Waals surface area contributed by atoms with Crippen molar-refractivity contribution in [2.75, 3.05) is 0 Å². The van der Waals surface area contributed by atoms with Gasteiger partial charge in [0.15, 0.2) is 11.3 Å². The zero-order chi connectivity index (χ0) is 28.7. The molecule has 3 aromatic rings. The van der Waals surface area contributed by atoms with Gasteiger partial charge in [-0.25, -0.2) is 31.7 Å². The number of carbonyl (C=O) groups excluding carboxylic acids is 2. The van der Waals surface area contributed by atoms with Crippen LogP contribution in [-0.2, 0) is 4.79 Å². The fraction of sp³-hybridized carbons (Fsp3) is 0.630. The summed E-state index contributed by atoms with van der Waals surface area (Å²) in [5, 5.41) is 17.7. The van der Waals surface area contributed by atoms with E-state index in [0.717, 1.165) is 18.4 Å². The van der Waals surface area contributed by atoms with Gasteiger partial charge in [0.05, 0.1) is 30.2 Å². The number of hydrogen-bond donors (Lipinski definition) is 2. The van der Waals surface area contributed by atoms with E-state index in [1.165, 1.54) is 0 Å². The molecule has 2 amide bonds. The van der Waals surface area contributed by atoms with Gasteiger partial charge in [-0.05, 0) is 67.1 Å². The summed E-state index contributed by atoms with van der Waals surface area (Å²) in [6.45, 7) is 1.58. The molecule has 41 heavy (non-hydrogen) atoms. The van der Waals surface area contributed by atoms with Crippen LogP contribution < -0.4 is 10.6 Å². The average molecular weight is 576 g/mol. The van der Waals surface area contributed by atoms with E-state index in [2.05, 4.69) is 30.7 Å². The zero-order valence-electron chi connectivity index (χ0n) is 22.2. The molecule has 5 atom stereocenters. The molecule has 0 bridgehead atoms. The molecule has 2 N–H and O–H groups in total. The second kappa shape index (κ2) is 9.21. The van der Waals surface area contributed by atoms with Gasteiger partial charge in [0.2, 0.25) is 11.8 Å². The van der Waals surface area contributed by atoms with Crippen molar-refractivity contribution in [3.05, 3.63) is 41.1 Å². The molecule has 3 aromatic heterocycles. The van der Waals surface area contributed by atoms with Crippen LogP contribution in [0.15, 0.2) is 23.1 Å². The van der Waals surface area contributed by atoms with Crippen LogP contribution in [0.5, 0.6) is 0 Å². The number of halogens is 4. The van der Waals surface area contributed by atoms with Gasteiger partial charge in [0.25, 0.3) is 11.8 Å². The van der Waals surface area contributed by atoms with Gasteiger partial charge in [0, 0.05) is 31.1 Å². The van der Waals surface area contributed by atoms with E-state index in [4.69, 9.17) is 4.98 Å². The maximum atomic E-state index is 14.0. The predicted molar refractivity (Wildman–Crippen MR) is 133 cm³/mol. The van der Waals surface area contributed by atoms with Crippen molar-refractivity contribution < 1.29 is 31.8 Å². The van der Waals surface area contributed by atoms with Crippen LogP contribution in [0.2, 0.25) is 0 Å². The van der Waals surface area contributed by atoms with E-state index >= 15 is 0 Å². The number of carbonyl (C=O) groups is 2. The fourth-order valence-corrected chi connectivity index (χ4v) is 6.76. The number of fused-ring (bicyclic) bond motifs is 2. The second-order valence-corrected chi connectivity index (χ2v) is 12.2. The van der Waals surface area contributed by atoms with Crippen molar-refractivity contribution in [1.29, 1.82) is 0 Å². The third-order valence-corrected chi connectivity index (χ3v) is 9.20. The smallest absolute Gasteiger partial charge is 0.276 e. The average Bonchev–Trinajstić information content (AvgIpc) is 3.52. The minimum absolute atomic E-state index is 0.0151. The number of aromatic nitrogens is 5. The molecule has 7 rings (SSSR count). The number of rotatable bonds is 9. The van der Waals surface area contributed by atoms with E-state index in [-0.39, 0.29) is 67.5 Å². The summed E-state index contributed by atoms with van der Waals surface area (Å²) in [6, 6.07) is 0.831. The summed E-state index contributed by atoms with van der Waals surface area (Å²) in [7, 11) is 0. The van der Waals surface area contributed by atoms with Gasteiger partial charge in [-0.2, -0.15) is 5.10 Å². The van der Waals surface area contributed by atoms with E-state index in [1.54, 1.807) is 23.8 Å². The molecule has 4 aliphatic rings. The summed E-state index contributed by atoms with van der Waals surface area (Å²) < 4.78 is 60.6. The summed E-state index contributed by atoms with van der Waals surface area (Å²) in [6.07, 6.45) is 5.22. The van der Waals surface area contributed by atoms with Gasteiger partial charge in [-0.3, -0.25) is 9.59 Å². The van der Waals surface area contributed by atoms with Gasteiger partial charge in [-0.1, -0.05) is 5.16 Å². The topological polar surface area (TPSA) is 127 Å². The molecule has 218 valence electrons. The van der Waals surface area contributed by atoms with Gasteiger partial charge in [-0.15, -0.1) is 0 Å². The molecular weight excluding hydrogens is 546 g/mol. The third-order valence-electron chi connectivity index (χ3n) is 9.20. The molecule has 0 unspecified atom stereocenters. The Bertz CT molecular complexity index is 1500. The lowest BCUT2D eigenvalue weighted by molar-refractivity contribution is -0.134. The van der Waals surface area contributed by atoms with Crippen LogP contribution in [0.25, 0.3) is 5.65 Å². The summed E-state index contributed by atoms with van der Waals surface area (Å²) in [4.78, 5) is 30.4. The highest BCUT2D eigenvalue weighted by Crippen LogP contribution is 2.67. The number of amides is 2. The van der Waals surface area contributed by atoms with Gasteiger partial charge >= 0.3 is 0 Å². The van der Waals surface area contributed by atoms with E-state index in [1.807, 2.05) is 6.07 Å². The molecular formula is C27H29F4N7O3. The minimum atomic E-state index is -2.67. The van der Waals surface area contributed by atoms with Crippen LogP contribution in [0.3, 0.4) is 0 Å². The first-order chi connectivity index (χ1) is 19.5. The van der Waals surface area contributed by atoms with Crippen LogP contribution in [0.1, 0.15) is 84.5 Å². The molecule has 0 aliphatic heterocycles. The first-order valence-corrected chi connectivity index (χ1v) is 14.0. The highest BCUT2D eigenvalue weighted by molar-refractivity contribution is 5.93. The second-order valence-electron chi connectivity index (χ2n) is 12.2. The maximum Gasteiger partial charge on any atom is 0.276 e. The van der Waals surface area contributed by atoms with E-state index in [0.29, 0.717) is 17.0 Å². The van der Waals surface area contributed by atoms with Crippen molar-refractivity contribution >= 4 is 17.5 Å². The Hall–Kier alpha value is -3.58. The summed E-state index contributed by atoms with van der Waals surface area (Å²) in [5.41, 5.74) is 2.02. The lowest BCUT2D eigenvalue weighted by Gasteiger charge is -2.34. The molecule has 0 aromatic carbocycles. The monoisotopic (exact) mass is 575 g/mol. The lowest BCUT2D eigenvalue weighted by Crippen LogP contribution is -2.39. The number of alkyl halides is 4. The summed E-state index contributed by atoms with van der Waals surface area (Å²) >= 11 is 0. The molecule has 4 fully saturated rings. The molecule has 14 heteroatoms. The van der Waals surface area contributed by atoms with Crippen LogP contribution in [0.4, 0.5) is 17.6 Å². The first-order valence-electron chi connectivity index (χ1n) is 14.0. The van der Waals surface area contributed by atoms with Crippen LogP contribution in [0, 0.1) is 36.5 Å². The van der Waals surface area contributed by atoms with Gasteiger partial charge in [0.1, 0.15) is 5.69 Å². The van der Waals surface area contributed by atoms with Crippen LogP contribution in [-0.4, -0.2) is 48.6 Å². The Morgan fingerprint density at radius 2 is 1.80 bits per heavy atom. The number of hydrogen-bond acceptors (Lipinski definition) is 7. The SMILES string of the molecule is Cc1nonc1C(=O)N[C@H](c1cn2ncc([C@H](NC(=O)CC3CC(F)(F)C3)C3CC3)cc2n1)[C@@H]1C[C@@H]2[C@H](C1)C2(F)F. The molecule has 4 aliphatic carbocycles. The zero-order valence-corrected chi connectivity index (χ0v) is 22.2. The van der Waals surface area contributed by atoms with Gasteiger partial charge < -0.3 is 10.6 Å². The van der Waals surface area contributed by atoms with Crippen molar-refractivity contribution in [3.8, 4) is 0 Å². The van der Waals surface area contributed by atoms with E-state index in [9.17, 15) is 27.2 Å². The van der Waals surface area contributed by atoms with Crippen molar-refractivity contribution in [1.82, 2.24) is 35.5 Å². The molecule has 10 nitrogen and oxygen atoms in total.